The van der Waals surface area contributed by atoms with Crippen molar-refractivity contribution in [3.05, 3.63) is 139 Å². The van der Waals surface area contributed by atoms with E-state index in [1.54, 1.807) is 0 Å². The zero-order chi connectivity index (χ0) is 26.1. The van der Waals surface area contributed by atoms with E-state index in [9.17, 15) is 0 Å². The van der Waals surface area contributed by atoms with Gasteiger partial charge in [0.1, 0.15) is 0 Å². The Morgan fingerprint density at radius 2 is 1.03 bits per heavy atom. The molecule has 39 heavy (non-hydrogen) atoms. The Hall–Kier alpha value is -4.88. The predicted octanol–water partition coefficient (Wildman–Crippen LogP) is 10.4. The van der Waals surface area contributed by atoms with Gasteiger partial charge in [-0.2, -0.15) is 0 Å². The number of benzene rings is 6. The lowest BCUT2D eigenvalue weighted by atomic mass is 9.90. The van der Waals surface area contributed by atoms with Crippen molar-refractivity contribution >= 4 is 21.8 Å². The lowest BCUT2D eigenvalue weighted by molar-refractivity contribution is 1.19. The van der Waals surface area contributed by atoms with Crippen molar-refractivity contribution in [1.82, 2.24) is 4.57 Å². The third-order valence-corrected chi connectivity index (χ3v) is 8.22. The summed E-state index contributed by atoms with van der Waals surface area (Å²) in [7, 11) is 0. The number of hydrogen-bond donors (Lipinski definition) is 0. The molecular formula is C38H27N. The van der Waals surface area contributed by atoms with Crippen molar-refractivity contribution in [3.63, 3.8) is 0 Å². The summed E-state index contributed by atoms with van der Waals surface area (Å²) >= 11 is 0. The SMILES string of the molecule is Cc1cccc(-c2ccc3c(c2)-c2ccccc2-c2cc(-c4cccc(C)c4)cc4c5ccccc5n-3c24)c1. The number of fused-ring (bicyclic) bond motifs is 8. The third-order valence-electron chi connectivity index (χ3n) is 8.22. The Labute approximate surface area is 228 Å². The summed E-state index contributed by atoms with van der Waals surface area (Å²) in [4.78, 5) is 0. The molecule has 1 aliphatic heterocycles. The number of para-hydroxylation sites is 1. The molecule has 0 radical (unpaired) electrons. The number of aromatic nitrogens is 1. The summed E-state index contributed by atoms with van der Waals surface area (Å²) in [6.45, 7) is 4.33. The normalized spacial score (nSPS) is 11.8. The highest BCUT2D eigenvalue weighted by Gasteiger charge is 2.25. The fourth-order valence-electron chi connectivity index (χ4n) is 6.45. The molecule has 184 valence electrons. The van der Waals surface area contributed by atoms with Gasteiger partial charge >= 0.3 is 0 Å². The van der Waals surface area contributed by atoms with Gasteiger partial charge in [0, 0.05) is 21.9 Å². The second-order valence-electron chi connectivity index (χ2n) is 10.8. The molecule has 0 saturated carbocycles. The van der Waals surface area contributed by atoms with Gasteiger partial charge in [0.2, 0.25) is 0 Å². The quantitative estimate of drug-likeness (QED) is 0.224. The molecule has 0 amide bonds. The molecule has 0 saturated heterocycles. The average molecular weight is 498 g/mol. The lowest BCUT2D eigenvalue weighted by Crippen LogP contribution is -1.96. The van der Waals surface area contributed by atoms with Crippen molar-refractivity contribution in [1.29, 1.82) is 0 Å². The van der Waals surface area contributed by atoms with Crippen molar-refractivity contribution in [3.8, 4) is 50.2 Å². The first-order valence-corrected chi connectivity index (χ1v) is 13.6. The molecule has 0 unspecified atom stereocenters. The van der Waals surface area contributed by atoms with E-state index in [-0.39, 0.29) is 0 Å². The minimum atomic E-state index is 1.23. The van der Waals surface area contributed by atoms with Crippen LogP contribution in [-0.2, 0) is 0 Å². The molecule has 0 spiro atoms. The van der Waals surface area contributed by atoms with Crippen LogP contribution in [0.2, 0.25) is 0 Å². The van der Waals surface area contributed by atoms with Gasteiger partial charge in [-0.15, -0.1) is 0 Å². The largest absolute Gasteiger partial charge is 0.308 e. The molecule has 1 heteroatoms. The molecule has 7 aromatic rings. The van der Waals surface area contributed by atoms with Crippen LogP contribution in [0, 0.1) is 13.8 Å². The molecule has 6 aromatic carbocycles. The Morgan fingerprint density at radius 1 is 0.410 bits per heavy atom. The minimum absolute atomic E-state index is 1.23. The van der Waals surface area contributed by atoms with E-state index in [0.717, 1.165) is 0 Å². The monoisotopic (exact) mass is 497 g/mol. The Morgan fingerprint density at radius 3 is 1.77 bits per heavy atom. The summed E-state index contributed by atoms with van der Waals surface area (Å²) in [6, 6.07) is 47.2. The molecule has 0 aliphatic carbocycles. The summed E-state index contributed by atoms with van der Waals surface area (Å²) in [5, 5.41) is 2.58. The van der Waals surface area contributed by atoms with E-state index in [4.69, 9.17) is 0 Å². The lowest BCUT2D eigenvalue weighted by Gasteiger charge is -2.15. The average Bonchev–Trinajstić information content (AvgIpc) is 3.24. The molecule has 0 atom stereocenters. The summed E-state index contributed by atoms with van der Waals surface area (Å²) < 4.78 is 2.50. The van der Waals surface area contributed by atoms with E-state index >= 15 is 0 Å². The van der Waals surface area contributed by atoms with Crippen molar-refractivity contribution in [2.24, 2.45) is 0 Å². The van der Waals surface area contributed by atoms with Crippen LogP contribution in [0.5, 0.6) is 0 Å². The maximum absolute atomic E-state index is 2.50. The Balaban J connectivity index is 1.52. The van der Waals surface area contributed by atoms with E-state index < -0.39 is 0 Å². The number of nitrogens with zero attached hydrogens (tertiary/aromatic N) is 1. The highest BCUT2D eigenvalue weighted by molar-refractivity contribution is 6.17. The standard InChI is InChI=1S/C38H27N/c1-24-9-7-11-26(19-24)28-17-18-37-33(21-28)30-13-3-4-14-31(30)34-22-29(27-12-8-10-25(2)20-27)23-35-32-15-5-6-16-36(32)39(37)38(34)35/h3-23H,1-2H3. The van der Waals surface area contributed by atoms with E-state index in [2.05, 4.69) is 146 Å². The van der Waals surface area contributed by atoms with Crippen LogP contribution in [0.1, 0.15) is 11.1 Å². The van der Waals surface area contributed by atoms with Crippen LogP contribution in [0.3, 0.4) is 0 Å². The molecule has 8 rings (SSSR count). The highest BCUT2D eigenvalue weighted by Crippen LogP contribution is 2.48. The first-order chi connectivity index (χ1) is 19.2. The van der Waals surface area contributed by atoms with Crippen molar-refractivity contribution in [2.45, 2.75) is 13.8 Å². The summed E-state index contributed by atoms with van der Waals surface area (Å²) in [6.07, 6.45) is 0. The second-order valence-corrected chi connectivity index (χ2v) is 10.8. The van der Waals surface area contributed by atoms with Crippen molar-refractivity contribution < 1.29 is 0 Å². The molecule has 2 heterocycles. The van der Waals surface area contributed by atoms with Crippen molar-refractivity contribution in [2.75, 3.05) is 0 Å². The predicted molar refractivity (Wildman–Crippen MR) is 166 cm³/mol. The Kier molecular flexibility index (Phi) is 4.72. The first-order valence-electron chi connectivity index (χ1n) is 13.6. The molecule has 0 fully saturated rings. The van der Waals surface area contributed by atoms with Crippen LogP contribution in [0.15, 0.2) is 127 Å². The van der Waals surface area contributed by atoms with Crippen LogP contribution in [-0.4, -0.2) is 4.57 Å². The highest BCUT2D eigenvalue weighted by atomic mass is 15.0. The fraction of sp³-hybridized carbons (Fsp3) is 0.0526. The van der Waals surface area contributed by atoms with Gasteiger partial charge in [-0.25, -0.2) is 0 Å². The number of rotatable bonds is 2. The molecule has 1 nitrogen and oxygen atoms in total. The smallest absolute Gasteiger partial charge is 0.0620 e. The van der Waals surface area contributed by atoms with Gasteiger partial charge in [0.25, 0.3) is 0 Å². The van der Waals surface area contributed by atoms with Gasteiger partial charge in [-0.05, 0) is 77.6 Å². The summed E-state index contributed by atoms with van der Waals surface area (Å²) in [5.74, 6) is 0. The van der Waals surface area contributed by atoms with E-state index in [1.165, 1.54) is 83.1 Å². The van der Waals surface area contributed by atoms with Gasteiger partial charge in [0.15, 0.2) is 0 Å². The van der Waals surface area contributed by atoms with Crippen LogP contribution in [0.4, 0.5) is 0 Å². The van der Waals surface area contributed by atoms with Gasteiger partial charge in [-0.1, -0.05) is 108 Å². The van der Waals surface area contributed by atoms with Gasteiger partial charge in [-0.3, -0.25) is 0 Å². The topological polar surface area (TPSA) is 4.93 Å². The van der Waals surface area contributed by atoms with Crippen LogP contribution < -0.4 is 0 Å². The maximum atomic E-state index is 2.50. The van der Waals surface area contributed by atoms with Gasteiger partial charge < -0.3 is 4.57 Å². The van der Waals surface area contributed by atoms with E-state index in [0.29, 0.717) is 0 Å². The number of aryl methyl sites for hydroxylation is 2. The third kappa shape index (κ3) is 3.33. The first kappa shape index (κ1) is 22.1. The zero-order valence-corrected chi connectivity index (χ0v) is 22.1. The minimum Gasteiger partial charge on any atom is -0.308 e. The molecular weight excluding hydrogens is 470 g/mol. The molecule has 1 aliphatic rings. The maximum Gasteiger partial charge on any atom is 0.0620 e. The Bertz CT molecular complexity index is 2090. The zero-order valence-electron chi connectivity index (χ0n) is 22.1. The second kappa shape index (κ2) is 8.31. The molecule has 0 N–H and O–H groups in total. The fourth-order valence-corrected chi connectivity index (χ4v) is 6.45. The van der Waals surface area contributed by atoms with Gasteiger partial charge in [0.05, 0.1) is 16.7 Å². The molecule has 0 bridgehead atoms. The summed E-state index contributed by atoms with van der Waals surface area (Å²) in [5.41, 5.74) is 16.4. The van der Waals surface area contributed by atoms with E-state index in [1.807, 2.05) is 0 Å². The molecule has 1 aromatic heterocycles. The van der Waals surface area contributed by atoms with Crippen LogP contribution in [0.25, 0.3) is 72.0 Å². The van der Waals surface area contributed by atoms with Crippen LogP contribution >= 0.6 is 0 Å². The number of hydrogen-bond acceptors (Lipinski definition) is 0.